The number of para-hydroxylation sites is 1. The van der Waals surface area contributed by atoms with Crippen LogP contribution in [0.1, 0.15) is 23.2 Å². The molecule has 0 aliphatic carbocycles. The van der Waals surface area contributed by atoms with Crippen molar-refractivity contribution in [1.29, 1.82) is 0 Å². The van der Waals surface area contributed by atoms with Gasteiger partial charge in [0.15, 0.2) is 5.78 Å². The number of hydrogen-bond donors (Lipinski definition) is 1. The number of rotatable bonds is 6. The molecule has 1 aliphatic heterocycles. The van der Waals surface area contributed by atoms with E-state index in [9.17, 15) is 9.59 Å². The van der Waals surface area contributed by atoms with Crippen molar-refractivity contribution in [3.05, 3.63) is 58.0 Å². The van der Waals surface area contributed by atoms with Crippen molar-refractivity contribution in [1.82, 2.24) is 9.88 Å². The molecule has 1 aliphatic rings. The smallest absolute Gasteiger partial charge is 0.411 e. The number of piperidine rings is 1. The highest BCUT2D eigenvalue weighted by atomic mass is 79.9. The second-order valence-corrected chi connectivity index (χ2v) is 9.05. The highest BCUT2D eigenvalue weighted by Crippen LogP contribution is 2.25. The minimum atomic E-state index is -0.476. The Morgan fingerprint density at radius 3 is 2.70 bits per heavy atom. The van der Waals surface area contributed by atoms with Gasteiger partial charge in [0, 0.05) is 22.5 Å². The van der Waals surface area contributed by atoms with E-state index in [1.165, 1.54) is 11.3 Å². The maximum Gasteiger partial charge on any atom is 0.411 e. The zero-order valence-corrected chi connectivity index (χ0v) is 18.7. The maximum atomic E-state index is 12.7. The number of halogens is 1. The van der Waals surface area contributed by atoms with E-state index >= 15 is 0 Å². The highest BCUT2D eigenvalue weighted by Gasteiger charge is 2.25. The molecule has 0 bridgehead atoms. The van der Waals surface area contributed by atoms with Gasteiger partial charge < -0.3 is 4.74 Å². The van der Waals surface area contributed by atoms with Gasteiger partial charge in [0.2, 0.25) is 0 Å². The first-order chi connectivity index (χ1) is 14.6. The Balaban J connectivity index is 1.19. The Morgan fingerprint density at radius 2 is 1.93 bits per heavy atom. The molecule has 1 N–H and O–H groups in total. The lowest BCUT2D eigenvalue weighted by molar-refractivity contribution is 0.0813. The lowest BCUT2D eigenvalue weighted by Crippen LogP contribution is -2.38. The first kappa shape index (κ1) is 21.0. The topological polar surface area (TPSA) is 71.5 Å². The van der Waals surface area contributed by atoms with Crippen LogP contribution in [0.2, 0.25) is 0 Å². The minimum absolute atomic E-state index is 0.0604. The number of anilines is 1. The van der Waals surface area contributed by atoms with Crippen molar-refractivity contribution in [3.63, 3.8) is 0 Å². The van der Waals surface area contributed by atoms with E-state index in [4.69, 9.17) is 4.74 Å². The molecule has 156 valence electrons. The van der Waals surface area contributed by atoms with Crippen molar-refractivity contribution < 1.29 is 14.3 Å². The number of carbonyl (C=O) groups excluding carboxylic acids is 2. The second kappa shape index (κ2) is 9.68. The predicted molar refractivity (Wildman–Crippen MR) is 122 cm³/mol. The van der Waals surface area contributed by atoms with Gasteiger partial charge in [-0.3, -0.25) is 15.0 Å². The monoisotopic (exact) mass is 487 g/mol. The summed E-state index contributed by atoms with van der Waals surface area (Å²) in [6.07, 6.45) is 1.18. The SMILES string of the molecule is O=C(Nc1cccc2scnc12)OCCN1CCC(C(=O)c2ccc(Br)cc2)CC1. The molecule has 1 fully saturated rings. The maximum absolute atomic E-state index is 12.7. The van der Waals surface area contributed by atoms with Crippen LogP contribution in [0.4, 0.5) is 10.5 Å². The van der Waals surface area contributed by atoms with E-state index < -0.39 is 6.09 Å². The third-order valence-corrected chi connectivity index (χ3v) is 6.65. The zero-order valence-electron chi connectivity index (χ0n) is 16.3. The molecule has 8 heteroatoms. The molecule has 0 atom stereocenters. The van der Waals surface area contributed by atoms with E-state index in [1.54, 1.807) is 5.51 Å². The van der Waals surface area contributed by atoms with E-state index in [0.29, 0.717) is 18.8 Å². The number of likely N-dealkylation sites (tertiary alicyclic amines) is 1. The molecule has 4 rings (SSSR count). The van der Waals surface area contributed by atoms with Crippen LogP contribution in [0.15, 0.2) is 52.4 Å². The summed E-state index contributed by atoms with van der Waals surface area (Å²) in [4.78, 5) is 31.3. The van der Waals surface area contributed by atoms with E-state index in [2.05, 4.69) is 31.1 Å². The number of thiazole rings is 1. The van der Waals surface area contributed by atoms with Gasteiger partial charge in [-0.15, -0.1) is 11.3 Å². The fourth-order valence-electron chi connectivity index (χ4n) is 3.67. The zero-order chi connectivity index (χ0) is 20.9. The molecular formula is C22H22BrN3O3S. The molecule has 0 saturated carbocycles. The lowest BCUT2D eigenvalue weighted by Gasteiger charge is -2.31. The van der Waals surface area contributed by atoms with Gasteiger partial charge in [0.25, 0.3) is 0 Å². The Hall–Kier alpha value is -2.29. The predicted octanol–water partition coefficient (Wildman–Crippen LogP) is 5.20. The average molecular weight is 488 g/mol. The van der Waals surface area contributed by atoms with Crippen LogP contribution in [-0.2, 0) is 4.74 Å². The molecule has 1 aromatic heterocycles. The Bertz CT molecular complexity index is 1030. The number of Topliss-reactive ketones (excluding diaryl/α,β-unsaturated/α-hetero) is 1. The number of benzene rings is 2. The second-order valence-electron chi connectivity index (χ2n) is 7.25. The largest absolute Gasteiger partial charge is 0.448 e. The molecule has 1 saturated heterocycles. The van der Waals surface area contributed by atoms with Crippen LogP contribution in [-0.4, -0.2) is 48.0 Å². The van der Waals surface area contributed by atoms with Crippen LogP contribution in [0, 0.1) is 5.92 Å². The quantitative estimate of drug-likeness (QED) is 0.483. The number of fused-ring (bicyclic) bond motifs is 1. The summed E-state index contributed by atoms with van der Waals surface area (Å²) < 4.78 is 7.34. The lowest BCUT2D eigenvalue weighted by atomic mass is 9.89. The van der Waals surface area contributed by atoms with Gasteiger partial charge in [-0.2, -0.15) is 0 Å². The minimum Gasteiger partial charge on any atom is -0.448 e. The summed E-state index contributed by atoms with van der Waals surface area (Å²) >= 11 is 4.93. The summed E-state index contributed by atoms with van der Waals surface area (Å²) in [5, 5.41) is 2.77. The van der Waals surface area contributed by atoms with Crippen molar-refractivity contribution in [2.75, 3.05) is 31.6 Å². The van der Waals surface area contributed by atoms with Crippen molar-refractivity contribution in [2.45, 2.75) is 12.8 Å². The summed E-state index contributed by atoms with van der Waals surface area (Å²) in [6, 6.07) is 13.2. The summed E-state index contributed by atoms with van der Waals surface area (Å²) in [5.74, 6) is 0.277. The normalized spacial score (nSPS) is 15.2. The highest BCUT2D eigenvalue weighted by molar-refractivity contribution is 9.10. The Kier molecular flexibility index (Phi) is 6.76. The molecule has 3 aromatic rings. The number of amides is 1. The number of nitrogens with one attached hydrogen (secondary N) is 1. The molecule has 2 heterocycles. The summed E-state index contributed by atoms with van der Waals surface area (Å²) in [7, 11) is 0. The standard InChI is InChI=1S/C22H22BrN3O3S/c23-17-6-4-15(5-7-17)21(27)16-8-10-26(11-9-16)12-13-29-22(28)25-18-2-1-3-19-20(18)24-14-30-19/h1-7,14,16H,8-13H2,(H,25,28). The summed E-state index contributed by atoms with van der Waals surface area (Å²) in [5.41, 5.74) is 3.96. The molecule has 6 nitrogen and oxygen atoms in total. The third-order valence-electron chi connectivity index (χ3n) is 5.32. The van der Waals surface area contributed by atoms with Gasteiger partial charge >= 0.3 is 6.09 Å². The average Bonchev–Trinajstić information content (AvgIpc) is 3.24. The van der Waals surface area contributed by atoms with Crippen LogP contribution in [0.3, 0.4) is 0 Å². The van der Waals surface area contributed by atoms with Crippen LogP contribution in [0.25, 0.3) is 10.2 Å². The van der Waals surface area contributed by atoms with E-state index in [-0.39, 0.29) is 11.7 Å². The van der Waals surface area contributed by atoms with Gasteiger partial charge in [-0.1, -0.05) is 34.1 Å². The Morgan fingerprint density at radius 1 is 1.17 bits per heavy atom. The van der Waals surface area contributed by atoms with Crippen LogP contribution < -0.4 is 5.32 Å². The molecule has 0 spiro atoms. The van der Waals surface area contributed by atoms with Gasteiger partial charge in [0.1, 0.15) is 12.1 Å². The molecule has 0 radical (unpaired) electrons. The number of hydrogen-bond acceptors (Lipinski definition) is 6. The van der Waals surface area contributed by atoms with Gasteiger partial charge in [-0.25, -0.2) is 9.78 Å². The third kappa shape index (κ3) is 5.06. The van der Waals surface area contributed by atoms with Crippen LogP contribution >= 0.6 is 27.3 Å². The molecule has 0 unspecified atom stereocenters. The molecule has 30 heavy (non-hydrogen) atoms. The van der Waals surface area contributed by atoms with Crippen molar-refractivity contribution >= 4 is 55.0 Å². The number of aromatic nitrogens is 1. The van der Waals surface area contributed by atoms with Gasteiger partial charge in [0.05, 0.1) is 15.9 Å². The number of nitrogens with zero attached hydrogens (tertiary/aromatic N) is 2. The first-order valence-electron chi connectivity index (χ1n) is 9.88. The molecule has 2 aromatic carbocycles. The van der Waals surface area contributed by atoms with Crippen molar-refractivity contribution in [3.8, 4) is 0 Å². The van der Waals surface area contributed by atoms with E-state index in [0.717, 1.165) is 46.2 Å². The van der Waals surface area contributed by atoms with Gasteiger partial charge in [-0.05, 0) is 50.2 Å². The van der Waals surface area contributed by atoms with E-state index in [1.807, 2.05) is 42.5 Å². The first-order valence-corrected chi connectivity index (χ1v) is 11.6. The Labute approximate surface area is 187 Å². The fourth-order valence-corrected chi connectivity index (χ4v) is 4.64. The number of ketones is 1. The molecular weight excluding hydrogens is 466 g/mol. The van der Waals surface area contributed by atoms with Crippen LogP contribution in [0.5, 0.6) is 0 Å². The summed E-state index contributed by atoms with van der Waals surface area (Å²) in [6.45, 7) is 2.63. The van der Waals surface area contributed by atoms with Crippen molar-refractivity contribution in [2.24, 2.45) is 5.92 Å². The number of carbonyl (C=O) groups is 2. The fraction of sp³-hybridized carbons (Fsp3) is 0.318. The number of ether oxygens (including phenoxy) is 1. The molecule has 1 amide bonds.